The number of ether oxygens (including phenoxy) is 1. The molecular formula is C15H17FN2O2. The molecule has 0 radical (unpaired) electrons. The van der Waals surface area contributed by atoms with Crippen molar-refractivity contribution >= 4 is 11.7 Å². The Balaban J connectivity index is 2.26. The lowest BCUT2D eigenvalue weighted by Crippen LogP contribution is -2.45. The van der Waals surface area contributed by atoms with Crippen LogP contribution in [0.15, 0.2) is 18.2 Å². The first-order chi connectivity index (χ1) is 9.67. The van der Waals surface area contributed by atoms with Crippen LogP contribution in [-0.4, -0.2) is 25.2 Å². The van der Waals surface area contributed by atoms with Gasteiger partial charge < -0.3 is 9.64 Å². The van der Waals surface area contributed by atoms with E-state index < -0.39 is 5.82 Å². The SMILES string of the molecule is CCOC(=O)C1CCCCN1c1ccc(C#N)c(F)c1. The van der Waals surface area contributed by atoms with E-state index in [2.05, 4.69) is 0 Å². The van der Waals surface area contributed by atoms with E-state index in [0.717, 1.165) is 12.8 Å². The molecule has 1 atom stereocenters. The molecule has 0 amide bonds. The van der Waals surface area contributed by atoms with Gasteiger partial charge in [-0.1, -0.05) is 0 Å². The van der Waals surface area contributed by atoms with Crippen molar-refractivity contribution in [1.82, 2.24) is 0 Å². The maximum atomic E-state index is 13.7. The first kappa shape index (κ1) is 14.3. The Labute approximate surface area is 117 Å². The average Bonchev–Trinajstić information content (AvgIpc) is 2.47. The molecule has 5 heteroatoms. The van der Waals surface area contributed by atoms with Crippen LogP contribution in [0, 0.1) is 17.1 Å². The molecule has 4 nitrogen and oxygen atoms in total. The second-order valence-electron chi connectivity index (χ2n) is 4.73. The zero-order chi connectivity index (χ0) is 14.5. The van der Waals surface area contributed by atoms with Gasteiger partial charge in [0, 0.05) is 12.2 Å². The third kappa shape index (κ3) is 2.90. The van der Waals surface area contributed by atoms with Crippen LogP contribution in [0.3, 0.4) is 0 Å². The van der Waals surface area contributed by atoms with Crippen LogP contribution in [-0.2, 0) is 9.53 Å². The summed E-state index contributed by atoms with van der Waals surface area (Å²) in [5, 5.41) is 8.75. The average molecular weight is 276 g/mol. The van der Waals surface area contributed by atoms with Crippen molar-refractivity contribution in [3.05, 3.63) is 29.6 Å². The van der Waals surface area contributed by atoms with Gasteiger partial charge in [0.15, 0.2) is 0 Å². The van der Waals surface area contributed by atoms with Crippen molar-refractivity contribution in [2.45, 2.75) is 32.2 Å². The number of carbonyl (C=O) groups excluding carboxylic acids is 1. The number of nitrogens with zero attached hydrogens (tertiary/aromatic N) is 2. The highest BCUT2D eigenvalue weighted by atomic mass is 19.1. The van der Waals surface area contributed by atoms with E-state index in [1.165, 1.54) is 12.1 Å². The van der Waals surface area contributed by atoms with Crippen LogP contribution in [0.25, 0.3) is 0 Å². The van der Waals surface area contributed by atoms with Crippen LogP contribution < -0.4 is 4.90 Å². The molecule has 1 fully saturated rings. The summed E-state index contributed by atoms with van der Waals surface area (Å²) in [7, 11) is 0. The number of nitriles is 1. The molecule has 1 aliphatic heterocycles. The van der Waals surface area contributed by atoms with Crippen molar-refractivity contribution in [2.24, 2.45) is 0 Å². The normalized spacial score (nSPS) is 18.4. The van der Waals surface area contributed by atoms with E-state index >= 15 is 0 Å². The van der Waals surface area contributed by atoms with Gasteiger partial charge in [0.2, 0.25) is 0 Å². The predicted octanol–water partition coefficient (Wildman–Crippen LogP) is 2.62. The van der Waals surface area contributed by atoms with Crippen LogP contribution >= 0.6 is 0 Å². The molecule has 1 heterocycles. The van der Waals surface area contributed by atoms with E-state index in [4.69, 9.17) is 10.00 Å². The summed E-state index contributed by atoms with van der Waals surface area (Å²) < 4.78 is 18.8. The fourth-order valence-corrected chi connectivity index (χ4v) is 2.50. The maximum Gasteiger partial charge on any atom is 0.328 e. The van der Waals surface area contributed by atoms with Gasteiger partial charge in [-0.3, -0.25) is 0 Å². The Hall–Kier alpha value is -2.09. The lowest BCUT2D eigenvalue weighted by Gasteiger charge is -2.35. The van der Waals surface area contributed by atoms with Gasteiger partial charge in [0.25, 0.3) is 0 Å². The second-order valence-corrected chi connectivity index (χ2v) is 4.73. The summed E-state index contributed by atoms with van der Waals surface area (Å²) in [5.41, 5.74) is 0.637. The van der Waals surface area contributed by atoms with E-state index in [-0.39, 0.29) is 17.6 Å². The highest BCUT2D eigenvalue weighted by Gasteiger charge is 2.30. The third-order valence-corrected chi connectivity index (χ3v) is 3.47. The molecule has 1 aromatic rings. The summed E-state index contributed by atoms with van der Waals surface area (Å²) in [4.78, 5) is 13.8. The molecule has 0 bridgehead atoms. The van der Waals surface area contributed by atoms with Crippen molar-refractivity contribution in [3.8, 4) is 6.07 Å². The molecule has 106 valence electrons. The lowest BCUT2D eigenvalue weighted by atomic mass is 10.0. The van der Waals surface area contributed by atoms with Crippen molar-refractivity contribution < 1.29 is 13.9 Å². The smallest absolute Gasteiger partial charge is 0.328 e. The summed E-state index contributed by atoms with van der Waals surface area (Å²) in [6, 6.07) is 5.87. The maximum absolute atomic E-state index is 13.7. The summed E-state index contributed by atoms with van der Waals surface area (Å²) in [5.74, 6) is -0.824. The second kappa shape index (κ2) is 6.38. The standard InChI is InChI=1S/C15H17FN2O2/c1-2-20-15(19)14-5-3-4-8-18(14)12-7-6-11(10-17)13(16)9-12/h6-7,9,14H,2-5,8H2,1H3. The molecule has 1 aromatic carbocycles. The molecule has 2 rings (SSSR count). The van der Waals surface area contributed by atoms with E-state index in [9.17, 15) is 9.18 Å². The van der Waals surface area contributed by atoms with E-state index in [0.29, 0.717) is 25.3 Å². The van der Waals surface area contributed by atoms with Crippen LogP contribution in [0.2, 0.25) is 0 Å². The predicted molar refractivity (Wildman–Crippen MR) is 72.7 cm³/mol. The Morgan fingerprint density at radius 3 is 3.00 bits per heavy atom. The molecule has 20 heavy (non-hydrogen) atoms. The summed E-state index contributed by atoms with van der Waals surface area (Å²) in [6.07, 6.45) is 2.62. The molecular weight excluding hydrogens is 259 g/mol. The van der Waals surface area contributed by atoms with E-state index in [1.54, 1.807) is 19.1 Å². The monoisotopic (exact) mass is 276 g/mol. The minimum absolute atomic E-state index is 0.0124. The highest BCUT2D eigenvalue weighted by molar-refractivity contribution is 5.80. The Morgan fingerprint density at radius 1 is 1.55 bits per heavy atom. The first-order valence-corrected chi connectivity index (χ1v) is 6.80. The fraction of sp³-hybridized carbons (Fsp3) is 0.467. The van der Waals surface area contributed by atoms with E-state index in [1.807, 2.05) is 4.90 Å². The van der Waals surface area contributed by atoms with Crippen LogP contribution in [0.1, 0.15) is 31.7 Å². The van der Waals surface area contributed by atoms with Gasteiger partial charge in [0.05, 0.1) is 12.2 Å². The number of halogens is 1. The lowest BCUT2D eigenvalue weighted by molar-refractivity contribution is -0.145. The highest BCUT2D eigenvalue weighted by Crippen LogP contribution is 2.27. The number of hydrogen-bond donors (Lipinski definition) is 0. The summed E-state index contributed by atoms with van der Waals surface area (Å²) >= 11 is 0. The number of anilines is 1. The number of benzene rings is 1. The number of hydrogen-bond acceptors (Lipinski definition) is 4. The zero-order valence-electron chi connectivity index (χ0n) is 11.4. The third-order valence-electron chi connectivity index (χ3n) is 3.47. The van der Waals surface area contributed by atoms with Gasteiger partial charge in [-0.15, -0.1) is 0 Å². The minimum atomic E-state index is -0.557. The zero-order valence-corrected chi connectivity index (χ0v) is 11.4. The summed E-state index contributed by atoms with van der Waals surface area (Å²) in [6.45, 7) is 2.80. The van der Waals surface area contributed by atoms with Crippen molar-refractivity contribution in [3.63, 3.8) is 0 Å². The molecule has 0 saturated carbocycles. The Morgan fingerprint density at radius 2 is 2.35 bits per heavy atom. The molecule has 1 aliphatic rings. The first-order valence-electron chi connectivity index (χ1n) is 6.80. The van der Waals surface area contributed by atoms with Gasteiger partial charge in [0.1, 0.15) is 17.9 Å². The quantitative estimate of drug-likeness (QED) is 0.796. The van der Waals surface area contributed by atoms with Crippen molar-refractivity contribution in [2.75, 3.05) is 18.1 Å². The molecule has 0 aliphatic carbocycles. The number of esters is 1. The number of carbonyl (C=O) groups is 1. The fourth-order valence-electron chi connectivity index (χ4n) is 2.50. The Kier molecular flexibility index (Phi) is 4.57. The molecule has 1 saturated heterocycles. The molecule has 0 spiro atoms. The van der Waals surface area contributed by atoms with Crippen LogP contribution in [0.5, 0.6) is 0 Å². The van der Waals surface area contributed by atoms with Crippen molar-refractivity contribution in [1.29, 1.82) is 5.26 Å². The number of rotatable bonds is 3. The van der Waals surface area contributed by atoms with Gasteiger partial charge >= 0.3 is 5.97 Å². The van der Waals surface area contributed by atoms with Gasteiger partial charge in [-0.25, -0.2) is 9.18 Å². The molecule has 1 unspecified atom stereocenters. The Bertz CT molecular complexity index is 539. The van der Waals surface area contributed by atoms with Gasteiger partial charge in [-0.05, 0) is 44.4 Å². The largest absolute Gasteiger partial charge is 0.464 e. The number of piperidine rings is 1. The van der Waals surface area contributed by atoms with Gasteiger partial charge in [-0.2, -0.15) is 5.26 Å². The van der Waals surface area contributed by atoms with Crippen LogP contribution in [0.4, 0.5) is 10.1 Å². The molecule has 0 aromatic heterocycles. The topological polar surface area (TPSA) is 53.3 Å². The molecule has 0 N–H and O–H groups in total. The minimum Gasteiger partial charge on any atom is -0.464 e.